The molecule has 0 radical (unpaired) electrons. The predicted octanol–water partition coefficient (Wildman–Crippen LogP) is 1.34. The van der Waals surface area contributed by atoms with Crippen molar-refractivity contribution in [1.82, 2.24) is 20.2 Å². The van der Waals surface area contributed by atoms with Crippen LogP contribution >= 0.6 is 0 Å². The smallest absolute Gasteiger partial charge is 0.251 e. The highest BCUT2D eigenvalue weighted by Crippen LogP contribution is 2.21. The number of benzene rings is 1. The minimum atomic E-state index is -0.129. The number of nitrogens with zero attached hydrogens (tertiary/aromatic N) is 3. The van der Waals surface area contributed by atoms with Crippen molar-refractivity contribution in [2.24, 2.45) is 0 Å². The quantitative estimate of drug-likeness (QED) is 0.569. The molecule has 0 spiro atoms. The number of aliphatic hydroxyl groups excluding tert-OH is 1. The average molecular weight is 384 g/mol. The second-order valence-corrected chi connectivity index (χ2v) is 6.95. The molecule has 2 heterocycles. The molecule has 2 aromatic rings. The van der Waals surface area contributed by atoms with E-state index < -0.39 is 0 Å². The Morgan fingerprint density at radius 2 is 2.18 bits per heavy atom. The fraction of sp³-hybridized carbons (Fsp3) is 0.450. The summed E-state index contributed by atoms with van der Waals surface area (Å²) in [5.74, 6) is 0.671. The van der Waals surface area contributed by atoms with Crippen molar-refractivity contribution in [1.29, 1.82) is 0 Å². The molecule has 1 aliphatic heterocycles. The van der Waals surface area contributed by atoms with Crippen molar-refractivity contribution in [2.45, 2.75) is 25.3 Å². The van der Waals surface area contributed by atoms with Gasteiger partial charge in [0.25, 0.3) is 5.91 Å². The first-order valence-corrected chi connectivity index (χ1v) is 9.66. The molecule has 1 fully saturated rings. The monoisotopic (exact) mass is 384 g/mol. The van der Waals surface area contributed by atoms with Crippen LogP contribution in [0.3, 0.4) is 0 Å². The van der Waals surface area contributed by atoms with Crippen molar-refractivity contribution >= 4 is 17.7 Å². The highest BCUT2D eigenvalue weighted by molar-refractivity contribution is 5.95. The largest absolute Gasteiger partial charge is 0.395 e. The summed E-state index contributed by atoms with van der Waals surface area (Å²) in [5, 5.41) is 15.4. The Morgan fingerprint density at radius 1 is 1.32 bits per heavy atom. The number of rotatable bonds is 7. The number of aliphatic hydroxyl groups is 1. The molecule has 1 aliphatic rings. The van der Waals surface area contributed by atoms with Gasteiger partial charge in [-0.15, -0.1) is 0 Å². The molecule has 1 atom stereocenters. The van der Waals surface area contributed by atoms with Gasteiger partial charge in [0.1, 0.15) is 5.82 Å². The molecule has 1 amide bonds. The molecule has 28 heavy (non-hydrogen) atoms. The maximum atomic E-state index is 12.6. The third-order valence-electron chi connectivity index (χ3n) is 5.06. The van der Waals surface area contributed by atoms with Crippen LogP contribution in [0.5, 0.6) is 0 Å². The Balaban J connectivity index is 1.63. The van der Waals surface area contributed by atoms with E-state index >= 15 is 0 Å². The van der Waals surface area contributed by atoms with Crippen LogP contribution in [0.15, 0.2) is 30.3 Å². The Bertz CT molecular complexity index is 813. The standard InChI is InChI=1S/C20H28N6O2/c1-22-18-12-17(24-20(21)25-18)14-5-4-6-15(11-14)19(28)23-8-10-26-9-3-2-7-16(26)13-27/h4-6,11-12,16,27H,2-3,7-10,13H2,1H3,(H,23,28)(H3,21,22,24,25)/t16-/m1/s1. The summed E-state index contributed by atoms with van der Waals surface area (Å²) in [6.07, 6.45) is 3.32. The maximum Gasteiger partial charge on any atom is 0.251 e. The molecule has 150 valence electrons. The number of anilines is 2. The van der Waals surface area contributed by atoms with Gasteiger partial charge in [-0.1, -0.05) is 18.6 Å². The predicted molar refractivity (Wildman–Crippen MR) is 110 cm³/mol. The van der Waals surface area contributed by atoms with Crippen LogP contribution in [0, 0.1) is 0 Å². The Labute approximate surface area is 165 Å². The SMILES string of the molecule is CNc1cc(-c2cccc(C(=O)NCCN3CCCC[C@@H]3CO)c2)nc(N)n1. The Hall–Kier alpha value is -2.71. The Kier molecular flexibility index (Phi) is 6.78. The zero-order chi connectivity index (χ0) is 19.9. The van der Waals surface area contributed by atoms with E-state index in [2.05, 4.69) is 25.5 Å². The first kappa shape index (κ1) is 20.0. The van der Waals surface area contributed by atoms with E-state index in [0.29, 0.717) is 23.6 Å². The van der Waals surface area contributed by atoms with Crippen molar-refractivity contribution in [3.63, 3.8) is 0 Å². The topological polar surface area (TPSA) is 116 Å². The molecule has 1 aromatic heterocycles. The van der Waals surface area contributed by atoms with E-state index in [0.717, 1.165) is 37.9 Å². The first-order valence-electron chi connectivity index (χ1n) is 9.66. The molecular formula is C20H28N6O2. The second-order valence-electron chi connectivity index (χ2n) is 6.95. The van der Waals surface area contributed by atoms with Gasteiger partial charge in [0.15, 0.2) is 0 Å². The lowest BCUT2D eigenvalue weighted by Crippen LogP contribution is -2.45. The third-order valence-corrected chi connectivity index (χ3v) is 5.06. The van der Waals surface area contributed by atoms with Crippen molar-refractivity contribution in [2.75, 3.05) is 44.3 Å². The number of hydrogen-bond acceptors (Lipinski definition) is 7. The third kappa shape index (κ3) is 4.96. The number of amides is 1. The van der Waals surface area contributed by atoms with Gasteiger partial charge in [0, 0.05) is 43.4 Å². The summed E-state index contributed by atoms with van der Waals surface area (Å²) in [7, 11) is 1.76. The van der Waals surface area contributed by atoms with Crippen molar-refractivity contribution in [3.8, 4) is 11.3 Å². The molecule has 5 N–H and O–H groups in total. The van der Waals surface area contributed by atoms with E-state index in [4.69, 9.17) is 5.73 Å². The minimum Gasteiger partial charge on any atom is -0.395 e. The van der Waals surface area contributed by atoms with E-state index in [1.54, 1.807) is 25.2 Å². The number of likely N-dealkylation sites (tertiary alicyclic amines) is 1. The molecule has 1 aromatic carbocycles. The molecule has 0 saturated carbocycles. The van der Waals surface area contributed by atoms with Gasteiger partial charge < -0.3 is 21.5 Å². The molecular weight excluding hydrogens is 356 g/mol. The van der Waals surface area contributed by atoms with Crippen molar-refractivity contribution in [3.05, 3.63) is 35.9 Å². The summed E-state index contributed by atoms with van der Waals surface area (Å²) in [4.78, 5) is 23.2. The lowest BCUT2D eigenvalue weighted by molar-refractivity contribution is 0.0849. The number of nitrogen functional groups attached to an aromatic ring is 1. The van der Waals surface area contributed by atoms with Gasteiger partial charge in [0.2, 0.25) is 5.95 Å². The number of carbonyl (C=O) groups excluding carboxylic acids is 1. The summed E-state index contributed by atoms with van der Waals surface area (Å²) in [5.41, 5.74) is 7.79. The number of piperidine rings is 1. The van der Waals surface area contributed by atoms with Crippen LogP contribution in [0.1, 0.15) is 29.6 Å². The van der Waals surface area contributed by atoms with E-state index in [-0.39, 0.29) is 24.5 Å². The van der Waals surface area contributed by atoms with Crippen LogP contribution < -0.4 is 16.4 Å². The molecule has 3 rings (SSSR count). The summed E-state index contributed by atoms with van der Waals surface area (Å²) >= 11 is 0. The molecule has 8 heteroatoms. The van der Waals surface area contributed by atoms with Gasteiger partial charge in [0.05, 0.1) is 12.3 Å². The van der Waals surface area contributed by atoms with Gasteiger partial charge >= 0.3 is 0 Å². The highest BCUT2D eigenvalue weighted by atomic mass is 16.3. The fourth-order valence-electron chi connectivity index (χ4n) is 3.54. The average Bonchev–Trinajstić information content (AvgIpc) is 2.73. The first-order chi connectivity index (χ1) is 13.6. The van der Waals surface area contributed by atoms with E-state index in [9.17, 15) is 9.90 Å². The minimum absolute atomic E-state index is 0.129. The number of hydrogen-bond donors (Lipinski definition) is 4. The molecule has 8 nitrogen and oxygen atoms in total. The van der Waals surface area contributed by atoms with Gasteiger partial charge in [-0.05, 0) is 31.5 Å². The number of nitrogens with two attached hydrogens (primary N) is 1. The summed E-state index contributed by atoms with van der Waals surface area (Å²) in [6, 6.07) is 9.29. The normalized spacial score (nSPS) is 17.3. The fourth-order valence-corrected chi connectivity index (χ4v) is 3.54. The number of nitrogens with one attached hydrogen (secondary N) is 2. The highest BCUT2D eigenvalue weighted by Gasteiger charge is 2.21. The zero-order valence-electron chi connectivity index (χ0n) is 16.2. The van der Waals surface area contributed by atoms with E-state index in [1.165, 1.54) is 0 Å². The molecule has 1 saturated heterocycles. The van der Waals surface area contributed by atoms with Gasteiger partial charge in [-0.2, -0.15) is 4.98 Å². The molecule has 0 aliphatic carbocycles. The van der Waals surface area contributed by atoms with E-state index in [1.807, 2.05) is 12.1 Å². The molecule has 0 unspecified atom stereocenters. The van der Waals surface area contributed by atoms with Crippen LogP contribution in [0.25, 0.3) is 11.3 Å². The summed E-state index contributed by atoms with van der Waals surface area (Å²) < 4.78 is 0. The second kappa shape index (κ2) is 9.48. The van der Waals surface area contributed by atoms with Crippen LogP contribution in [0.4, 0.5) is 11.8 Å². The number of aromatic nitrogens is 2. The van der Waals surface area contributed by atoms with Crippen LogP contribution in [0.2, 0.25) is 0 Å². The Morgan fingerprint density at radius 3 is 2.96 bits per heavy atom. The number of carbonyl (C=O) groups is 1. The van der Waals surface area contributed by atoms with Gasteiger partial charge in [-0.3, -0.25) is 9.69 Å². The molecule has 0 bridgehead atoms. The van der Waals surface area contributed by atoms with Crippen LogP contribution in [-0.4, -0.2) is 65.2 Å². The lowest BCUT2D eigenvalue weighted by Gasteiger charge is -2.34. The maximum absolute atomic E-state index is 12.6. The van der Waals surface area contributed by atoms with Gasteiger partial charge in [-0.25, -0.2) is 4.98 Å². The van der Waals surface area contributed by atoms with Crippen LogP contribution in [-0.2, 0) is 0 Å². The summed E-state index contributed by atoms with van der Waals surface area (Å²) in [6.45, 7) is 2.43. The zero-order valence-corrected chi connectivity index (χ0v) is 16.2. The van der Waals surface area contributed by atoms with Crippen molar-refractivity contribution < 1.29 is 9.90 Å². The lowest BCUT2D eigenvalue weighted by atomic mass is 10.0.